The molecule has 134 valence electrons. The molecule has 26 heavy (non-hydrogen) atoms. The van der Waals surface area contributed by atoms with Gasteiger partial charge in [-0.1, -0.05) is 23.4 Å². The predicted molar refractivity (Wildman–Crippen MR) is 93.9 cm³/mol. The first-order chi connectivity index (χ1) is 12.7. The monoisotopic (exact) mass is 354 g/mol. The second-order valence-electron chi connectivity index (χ2n) is 6.41. The lowest BCUT2D eigenvalue weighted by Crippen LogP contribution is -2.33. The number of hydrogen-bond acceptors (Lipinski definition) is 4. The van der Waals surface area contributed by atoms with Gasteiger partial charge in [-0.05, 0) is 36.6 Å². The molecular formula is C19H19FN4O2. The molecule has 4 rings (SSSR count). The summed E-state index contributed by atoms with van der Waals surface area (Å²) in [5.41, 5.74) is 3.28. The van der Waals surface area contributed by atoms with E-state index in [1.165, 1.54) is 19.2 Å². The fraction of sp³-hybridized carbons (Fsp3) is 0.316. The molecule has 1 amide bonds. The molecule has 0 saturated carbocycles. The largest absolute Gasteiger partial charge is 0.375 e. The van der Waals surface area contributed by atoms with Gasteiger partial charge in [-0.25, -0.2) is 8.91 Å². The first-order valence-electron chi connectivity index (χ1n) is 8.56. The SMILES string of the molecule is COCC(=O)N1CCCC1c1nnn2cc(-c3cccc(F)c3)ccc12. The molecule has 0 spiro atoms. The standard InChI is InChI=1S/C19H19FN4O2/c1-26-12-18(25)23-9-3-6-16(23)19-17-8-7-14(11-24(17)22-21-19)13-4-2-5-15(20)10-13/h2,4-5,7-8,10-11,16H,3,6,9,12H2,1H3. The number of benzene rings is 1. The van der Waals surface area contributed by atoms with E-state index in [1.807, 2.05) is 29.3 Å². The Bertz CT molecular complexity index is 956. The number of carbonyl (C=O) groups is 1. The van der Waals surface area contributed by atoms with Crippen LogP contribution in [0.5, 0.6) is 0 Å². The van der Waals surface area contributed by atoms with Crippen LogP contribution in [-0.4, -0.2) is 45.9 Å². The molecule has 0 bridgehead atoms. The quantitative estimate of drug-likeness (QED) is 0.723. The first-order valence-corrected chi connectivity index (χ1v) is 8.56. The van der Waals surface area contributed by atoms with Crippen LogP contribution in [0.3, 0.4) is 0 Å². The van der Waals surface area contributed by atoms with Gasteiger partial charge in [0, 0.05) is 25.4 Å². The Hall–Kier alpha value is -2.80. The summed E-state index contributed by atoms with van der Waals surface area (Å²) < 4.78 is 20.1. The molecule has 1 fully saturated rings. The van der Waals surface area contributed by atoms with Crippen LogP contribution >= 0.6 is 0 Å². The van der Waals surface area contributed by atoms with Crippen molar-refractivity contribution in [3.8, 4) is 11.1 Å². The van der Waals surface area contributed by atoms with Crippen molar-refractivity contribution >= 4 is 11.4 Å². The minimum absolute atomic E-state index is 0.0347. The maximum Gasteiger partial charge on any atom is 0.249 e. The van der Waals surface area contributed by atoms with Crippen LogP contribution in [0, 0.1) is 5.82 Å². The summed E-state index contributed by atoms with van der Waals surface area (Å²) in [6.45, 7) is 0.771. The Balaban J connectivity index is 1.68. The van der Waals surface area contributed by atoms with Crippen molar-refractivity contribution in [1.29, 1.82) is 0 Å². The van der Waals surface area contributed by atoms with Crippen molar-refractivity contribution < 1.29 is 13.9 Å². The van der Waals surface area contributed by atoms with E-state index < -0.39 is 0 Å². The molecule has 7 heteroatoms. The third-order valence-corrected chi connectivity index (χ3v) is 4.75. The summed E-state index contributed by atoms with van der Waals surface area (Å²) in [5, 5.41) is 8.54. The highest BCUT2D eigenvalue weighted by molar-refractivity contribution is 5.78. The van der Waals surface area contributed by atoms with Gasteiger partial charge in [0.05, 0.1) is 11.6 Å². The Morgan fingerprint density at radius 3 is 3.00 bits per heavy atom. The van der Waals surface area contributed by atoms with Crippen molar-refractivity contribution in [1.82, 2.24) is 19.7 Å². The number of methoxy groups -OCH3 is 1. The van der Waals surface area contributed by atoms with Crippen molar-refractivity contribution in [2.75, 3.05) is 20.3 Å². The molecule has 3 aromatic rings. The molecule has 2 aromatic heterocycles. The number of hydrogen-bond donors (Lipinski definition) is 0. The Morgan fingerprint density at radius 1 is 1.31 bits per heavy atom. The van der Waals surface area contributed by atoms with Gasteiger partial charge in [-0.2, -0.15) is 0 Å². The van der Waals surface area contributed by atoms with Crippen molar-refractivity contribution in [2.45, 2.75) is 18.9 Å². The first kappa shape index (κ1) is 16.7. The number of amides is 1. The molecule has 1 aromatic carbocycles. The van der Waals surface area contributed by atoms with Crippen LogP contribution < -0.4 is 0 Å². The van der Waals surface area contributed by atoms with Crippen molar-refractivity contribution in [3.63, 3.8) is 0 Å². The van der Waals surface area contributed by atoms with Crippen molar-refractivity contribution in [2.24, 2.45) is 0 Å². The van der Waals surface area contributed by atoms with Gasteiger partial charge >= 0.3 is 0 Å². The molecular weight excluding hydrogens is 335 g/mol. The number of aromatic nitrogens is 3. The Labute approximate surface area is 150 Å². The minimum Gasteiger partial charge on any atom is -0.375 e. The lowest BCUT2D eigenvalue weighted by atomic mass is 10.1. The van der Waals surface area contributed by atoms with Crippen LogP contribution in [-0.2, 0) is 9.53 Å². The second kappa shape index (κ2) is 6.84. The zero-order valence-corrected chi connectivity index (χ0v) is 14.4. The summed E-state index contributed by atoms with van der Waals surface area (Å²) in [5.74, 6) is -0.312. The maximum absolute atomic E-state index is 13.5. The van der Waals surface area contributed by atoms with Crippen LogP contribution in [0.1, 0.15) is 24.6 Å². The summed E-state index contributed by atoms with van der Waals surface area (Å²) in [7, 11) is 1.52. The van der Waals surface area contributed by atoms with E-state index in [9.17, 15) is 9.18 Å². The topological polar surface area (TPSA) is 59.7 Å². The number of likely N-dealkylation sites (tertiary alicyclic amines) is 1. The predicted octanol–water partition coefficient (Wildman–Crippen LogP) is 2.85. The van der Waals surface area contributed by atoms with E-state index in [2.05, 4.69) is 10.3 Å². The van der Waals surface area contributed by atoms with Gasteiger partial charge < -0.3 is 9.64 Å². The number of rotatable bonds is 4. The molecule has 1 unspecified atom stereocenters. The number of ether oxygens (including phenoxy) is 1. The highest BCUT2D eigenvalue weighted by atomic mass is 19.1. The molecule has 0 radical (unpaired) electrons. The number of fused-ring (bicyclic) bond motifs is 1. The fourth-order valence-electron chi connectivity index (χ4n) is 3.55. The molecule has 1 aliphatic rings. The number of halogens is 1. The molecule has 1 aliphatic heterocycles. The average Bonchev–Trinajstić information content (AvgIpc) is 3.28. The lowest BCUT2D eigenvalue weighted by Gasteiger charge is -2.23. The highest BCUT2D eigenvalue weighted by Crippen LogP contribution is 2.33. The second-order valence-corrected chi connectivity index (χ2v) is 6.41. The van der Waals surface area contributed by atoms with Crippen molar-refractivity contribution in [3.05, 3.63) is 54.1 Å². The molecule has 0 N–H and O–H groups in total. The van der Waals surface area contributed by atoms with Gasteiger partial charge in [0.15, 0.2) is 0 Å². The normalized spacial score (nSPS) is 17.2. The molecule has 0 aliphatic carbocycles. The zero-order valence-electron chi connectivity index (χ0n) is 14.4. The van der Waals surface area contributed by atoms with Crippen LogP contribution in [0.15, 0.2) is 42.6 Å². The summed E-state index contributed by atoms with van der Waals surface area (Å²) >= 11 is 0. The van der Waals surface area contributed by atoms with E-state index >= 15 is 0 Å². The van der Waals surface area contributed by atoms with Gasteiger partial charge in [-0.3, -0.25) is 4.79 Å². The number of carbonyl (C=O) groups excluding carboxylic acids is 1. The molecule has 1 saturated heterocycles. The molecule has 3 heterocycles. The molecule has 6 nitrogen and oxygen atoms in total. The number of nitrogens with zero attached hydrogens (tertiary/aromatic N) is 4. The number of pyridine rings is 1. The lowest BCUT2D eigenvalue weighted by molar-refractivity contribution is -0.136. The summed E-state index contributed by atoms with van der Waals surface area (Å²) in [4.78, 5) is 14.1. The van der Waals surface area contributed by atoms with Gasteiger partial charge in [0.2, 0.25) is 5.91 Å². The van der Waals surface area contributed by atoms with E-state index in [1.54, 1.807) is 10.6 Å². The van der Waals surface area contributed by atoms with E-state index in [0.29, 0.717) is 6.54 Å². The minimum atomic E-state index is -0.278. The highest BCUT2D eigenvalue weighted by Gasteiger charge is 2.32. The maximum atomic E-state index is 13.5. The van der Waals surface area contributed by atoms with Gasteiger partial charge in [0.25, 0.3) is 0 Å². The zero-order chi connectivity index (χ0) is 18.1. The van der Waals surface area contributed by atoms with E-state index in [-0.39, 0.29) is 24.4 Å². The van der Waals surface area contributed by atoms with Crippen LogP contribution in [0.25, 0.3) is 16.6 Å². The molecule has 1 atom stereocenters. The summed E-state index contributed by atoms with van der Waals surface area (Å²) in [6, 6.07) is 10.2. The van der Waals surface area contributed by atoms with Crippen LogP contribution in [0.4, 0.5) is 4.39 Å². The van der Waals surface area contributed by atoms with Gasteiger partial charge in [-0.15, -0.1) is 5.10 Å². The summed E-state index contributed by atoms with van der Waals surface area (Å²) in [6.07, 6.45) is 3.62. The smallest absolute Gasteiger partial charge is 0.249 e. The fourth-order valence-corrected chi connectivity index (χ4v) is 3.55. The van der Waals surface area contributed by atoms with Crippen LogP contribution in [0.2, 0.25) is 0 Å². The average molecular weight is 354 g/mol. The Kier molecular flexibility index (Phi) is 4.38. The Morgan fingerprint density at radius 2 is 2.19 bits per heavy atom. The third kappa shape index (κ3) is 2.94. The van der Waals surface area contributed by atoms with Gasteiger partial charge in [0.1, 0.15) is 18.1 Å². The third-order valence-electron chi connectivity index (χ3n) is 4.75. The van der Waals surface area contributed by atoms with E-state index in [0.717, 1.165) is 35.2 Å². The van der Waals surface area contributed by atoms with E-state index in [4.69, 9.17) is 4.74 Å².